The molecule has 0 saturated carbocycles. The highest BCUT2D eigenvalue weighted by Crippen LogP contribution is 2.26. The van der Waals surface area contributed by atoms with Crippen molar-refractivity contribution in [2.24, 2.45) is 0 Å². The van der Waals surface area contributed by atoms with E-state index in [9.17, 15) is 14.9 Å². The van der Waals surface area contributed by atoms with E-state index in [1.807, 2.05) is 6.07 Å². The van der Waals surface area contributed by atoms with Crippen molar-refractivity contribution in [2.75, 3.05) is 0 Å². The van der Waals surface area contributed by atoms with Crippen LogP contribution in [0.15, 0.2) is 24.3 Å². The number of nitro groups is 1. The monoisotopic (exact) mass is 242 g/mol. The number of Topliss-reactive ketones (excluding diaryl/α,β-unsaturated/α-hetero) is 1. The second-order valence-corrected chi connectivity index (χ2v) is 4.41. The molecule has 0 spiro atoms. The van der Waals surface area contributed by atoms with Crippen molar-refractivity contribution < 1.29 is 9.72 Å². The maximum absolute atomic E-state index is 11.7. The normalized spacial score (nSPS) is 14.6. The number of nitro benzene ring substituents is 1. The molecule has 0 radical (unpaired) electrons. The second-order valence-electron chi connectivity index (χ2n) is 4.41. The first kappa shape index (κ1) is 10.8. The number of hydrogen-bond donors (Lipinski definition) is 0. The Morgan fingerprint density at radius 2 is 2.06 bits per heavy atom. The molecule has 1 aliphatic carbocycles. The van der Waals surface area contributed by atoms with Gasteiger partial charge in [-0.25, -0.2) is 4.98 Å². The summed E-state index contributed by atoms with van der Waals surface area (Å²) in [6.07, 6.45) is 2.18. The van der Waals surface area contributed by atoms with Crippen LogP contribution in [0.5, 0.6) is 0 Å². The van der Waals surface area contributed by atoms with Gasteiger partial charge in [0.1, 0.15) is 5.69 Å². The fourth-order valence-electron chi connectivity index (χ4n) is 2.31. The maximum atomic E-state index is 11.7. The zero-order valence-corrected chi connectivity index (χ0v) is 9.55. The third-order valence-corrected chi connectivity index (χ3v) is 3.20. The molecule has 0 fully saturated rings. The number of carbonyl (C=O) groups is 1. The molecule has 5 nitrogen and oxygen atoms in total. The van der Waals surface area contributed by atoms with Crippen molar-refractivity contribution in [1.29, 1.82) is 0 Å². The third-order valence-electron chi connectivity index (χ3n) is 3.20. The van der Waals surface area contributed by atoms with Gasteiger partial charge in [0.25, 0.3) is 5.69 Å². The predicted molar refractivity (Wildman–Crippen MR) is 65.7 cm³/mol. The summed E-state index contributed by atoms with van der Waals surface area (Å²) >= 11 is 0. The van der Waals surface area contributed by atoms with Crippen LogP contribution in [0.1, 0.15) is 28.9 Å². The molecule has 0 amide bonds. The fraction of sp³-hybridized carbons (Fsp3) is 0.231. The van der Waals surface area contributed by atoms with Crippen LogP contribution in [0.4, 0.5) is 5.69 Å². The highest BCUT2D eigenvalue weighted by molar-refractivity contribution is 5.99. The highest BCUT2D eigenvalue weighted by atomic mass is 16.6. The summed E-state index contributed by atoms with van der Waals surface area (Å²) in [5, 5.41) is 11.4. The molecule has 0 aliphatic heterocycles. The van der Waals surface area contributed by atoms with Crippen LogP contribution in [0.2, 0.25) is 0 Å². The summed E-state index contributed by atoms with van der Waals surface area (Å²) in [6, 6.07) is 6.36. The topological polar surface area (TPSA) is 73.1 Å². The first-order valence-electron chi connectivity index (χ1n) is 5.76. The van der Waals surface area contributed by atoms with E-state index >= 15 is 0 Å². The van der Waals surface area contributed by atoms with Gasteiger partial charge in [-0.05, 0) is 30.5 Å². The molecule has 1 aromatic carbocycles. The van der Waals surface area contributed by atoms with Crippen LogP contribution in [0.3, 0.4) is 0 Å². The Balaban J connectivity index is 2.23. The van der Waals surface area contributed by atoms with E-state index in [2.05, 4.69) is 4.98 Å². The number of aromatic nitrogens is 1. The van der Waals surface area contributed by atoms with E-state index in [1.165, 1.54) is 12.1 Å². The van der Waals surface area contributed by atoms with E-state index in [0.717, 1.165) is 23.8 Å². The Labute approximate surface area is 103 Å². The SMILES string of the molecule is O=C1CCCc2cc3cc([N+](=O)[O-])ccc3nc21. The van der Waals surface area contributed by atoms with Crippen LogP contribution in [-0.2, 0) is 6.42 Å². The lowest BCUT2D eigenvalue weighted by Gasteiger charge is -2.14. The van der Waals surface area contributed by atoms with E-state index in [1.54, 1.807) is 6.07 Å². The molecule has 0 bridgehead atoms. The van der Waals surface area contributed by atoms with Crippen molar-refractivity contribution >= 4 is 22.4 Å². The van der Waals surface area contributed by atoms with Gasteiger partial charge in [-0.15, -0.1) is 0 Å². The molecule has 2 aromatic rings. The molecule has 0 unspecified atom stereocenters. The Bertz CT molecular complexity index is 679. The number of fused-ring (bicyclic) bond motifs is 2. The number of ketones is 1. The van der Waals surface area contributed by atoms with E-state index in [-0.39, 0.29) is 11.5 Å². The summed E-state index contributed by atoms with van der Waals surface area (Å²) in [5.74, 6) is 0.0662. The van der Waals surface area contributed by atoms with Crippen molar-refractivity contribution in [3.05, 3.63) is 45.6 Å². The van der Waals surface area contributed by atoms with Crippen LogP contribution in [-0.4, -0.2) is 15.7 Å². The van der Waals surface area contributed by atoms with Crippen LogP contribution >= 0.6 is 0 Å². The number of benzene rings is 1. The largest absolute Gasteiger partial charge is 0.292 e. The number of rotatable bonds is 1. The van der Waals surface area contributed by atoms with Gasteiger partial charge in [0, 0.05) is 23.9 Å². The molecule has 1 aromatic heterocycles. The fourth-order valence-corrected chi connectivity index (χ4v) is 2.31. The molecule has 3 rings (SSSR count). The average molecular weight is 242 g/mol. The van der Waals surface area contributed by atoms with Crippen molar-refractivity contribution in [3.8, 4) is 0 Å². The lowest BCUT2D eigenvalue weighted by atomic mass is 9.94. The van der Waals surface area contributed by atoms with Gasteiger partial charge in [-0.2, -0.15) is 0 Å². The average Bonchev–Trinajstić information content (AvgIpc) is 2.36. The van der Waals surface area contributed by atoms with E-state index in [4.69, 9.17) is 0 Å². The Morgan fingerprint density at radius 3 is 2.83 bits per heavy atom. The predicted octanol–water partition coefficient (Wildman–Crippen LogP) is 2.66. The smallest absolute Gasteiger partial charge is 0.270 e. The van der Waals surface area contributed by atoms with Crippen LogP contribution in [0, 0.1) is 10.1 Å². The lowest BCUT2D eigenvalue weighted by molar-refractivity contribution is -0.384. The quantitative estimate of drug-likeness (QED) is 0.569. The molecule has 5 heteroatoms. The minimum atomic E-state index is -0.427. The van der Waals surface area contributed by atoms with Gasteiger partial charge in [-0.1, -0.05) is 0 Å². The Kier molecular flexibility index (Phi) is 2.33. The molecule has 18 heavy (non-hydrogen) atoms. The minimum Gasteiger partial charge on any atom is -0.292 e. The molecular formula is C13H10N2O3. The third kappa shape index (κ3) is 1.64. The first-order valence-corrected chi connectivity index (χ1v) is 5.76. The van der Waals surface area contributed by atoms with Crippen molar-refractivity contribution in [1.82, 2.24) is 4.98 Å². The number of non-ortho nitro benzene ring substituents is 1. The summed E-state index contributed by atoms with van der Waals surface area (Å²) in [5.41, 5.74) is 2.11. The molecular weight excluding hydrogens is 232 g/mol. The first-order chi connectivity index (χ1) is 8.65. The summed E-state index contributed by atoms with van der Waals surface area (Å²) in [6.45, 7) is 0. The number of carbonyl (C=O) groups excluding carboxylic acids is 1. The Hall–Kier alpha value is -2.30. The van der Waals surface area contributed by atoms with Gasteiger partial charge in [0.05, 0.1) is 10.4 Å². The van der Waals surface area contributed by atoms with Gasteiger partial charge >= 0.3 is 0 Å². The number of nitrogens with zero attached hydrogens (tertiary/aromatic N) is 2. The maximum Gasteiger partial charge on any atom is 0.270 e. The molecule has 0 atom stereocenters. The zero-order valence-electron chi connectivity index (χ0n) is 9.55. The summed E-state index contributed by atoms with van der Waals surface area (Å²) < 4.78 is 0. The van der Waals surface area contributed by atoms with Crippen LogP contribution in [0.25, 0.3) is 10.9 Å². The summed E-state index contributed by atoms with van der Waals surface area (Å²) in [4.78, 5) is 26.3. The van der Waals surface area contributed by atoms with Crippen molar-refractivity contribution in [2.45, 2.75) is 19.3 Å². The molecule has 0 saturated heterocycles. The molecule has 1 aliphatic rings. The summed E-state index contributed by atoms with van der Waals surface area (Å²) in [7, 11) is 0. The molecule has 0 N–H and O–H groups in total. The minimum absolute atomic E-state index is 0.0476. The number of pyridine rings is 1. The molecule has 1 heterocycles. The second kappa shape index (κ2) is 3.87. The number of hydrogen-bond acceptors (Lipinski definition) is 4. The number of aryl methyl sites for hydroxylation is 1. The van der Waals surface area contributed by atoms with Gasteiger partial charge in [0.2, 0.25) is 0 Å². The van der Waals surface area contributed by atoms with Gasteiger partial charge < -0.3 is 0 Å². The van der Waals surface area contributed by atoms with Gasteiger partial charge in [0.15, 0.2) is 5.78 Å². The highest BCUT2D eigenvalue weighted by Gasteiger charge is 2.19. The molecule has 90 valence electrons. The lowest BCUT2D eigenvalue weighted by Crippen LogP contribution is -2.13. The standard InChI is InChI=1S/C13H10N2O3/c16-12-3-1-2-8-6-9-7-10(15(17)18)4-5-11(9)14-13(8)12/h4-7H,1-3H2. The zero-order chi connectivity index (χ0) is 12.7. The van der Waals surface area contributed by atoms with E-state index in [0.29, 0.717) is 17.6 Å². The van der Waals surface area contributed by atoms with Crippen LogP contribution < -0.4 is 0 Å². The van der Waals surface area contributed by atoms with E-state index < -0.39 is 4.92 Å². The Morgan fingerprint density at radius 1 is 1.22 bits per heavy atom. The van der Waals surface area contributed by atoms with Crippen molar-refractivity contribution in [3.63, 3.8) is 0 Å². The van der Waals surface area contributed by atoms with Gasteiger partial charge in [-0.3, -0.25) is 14.9 Å².